The molecule has 1 N–H and O–H groups in total. The van der Waals surface area contributed by atoms with E-state index < -0.39 is 16.1 Å². The number of thioether (sulfide) groups is 1. The summed E-state index contributed by atoms with van der Waals surface area (Å²) in [6.45, 7) is 0. The molecule has 2 aromatic rings. The van der Waals surface area contributed by atoms with Crippen LogP contribution in [-0.2, 0) is 11.2 Å². The fraction of sp³-hybridized carbons (Fsp3) is 0.133. The normalized spacial score (nSPS) is 11.8. The lowest BCUT2D eigenvalue weighted by atomic mass is 10.1. The average Bonchev–Trinajstić information content (AvgIpc) is 2.48. The van der Waals surface area contributed by atoms with Crippen LogP contribution in [0.2, 0.25) is 0 Å². The molecule has 2 aromatic carbocycles. The van der Waals surface area contributed by atoms with Gasteiger partial charge in [0.05, 0.1) is 4.92 Å². The number of carbonyl (C=O) groups is 1. The highest BCUT2D eigenvalue weighted by Crippen LogP contribution is 2.26. The summed E-state index contributed by atoms with van der Waals surface area (Å²) in [5.41, 5.74) is 0.612. The predicted molar refractivity (Wildman–Crippen MR) is 80.5 cm³/mol. The number of carboxylic acids is 1. The first-order chi connectivity index (χ1) is 10.1. The number of benzene rings is 2. The number of nitro groups is 1. The molecule has 0 aliphatic heterocycles. The van der Waals surface area contributed by atoms with Gasteiger partial charge in [0.25, 0.3) is 5.69 Å². The zero-order valence-electron chi connectivity index (χ0n) is 11.0. The molecular weight excluding hydrogens is 290 g/mol. The van der Waals surface area contributed by atoms with E-state index in [1.165, 1.54) is 23.9 Å². The summed E-state index contributed by atoms with van der Waals surface area (Å²) in [4.78, 5) is 22.5. The molecule has 0 aliphatic rings. The molecule has 0 saturated carbocycles. The first-order valence-corrected chi connectivity index (χ1v) is 7.12. The van der Waals surface area contributed by atoms with Crippen LogP contribution in [0.5, 0.6) is 0 Å². The van der Waals surface area contributed by atoms with Gasteiger partial charge in [-0.2, -0.15) is 0 Å². The molecule has 0 amide bonds. The summed E-state index contributed by atoms with van der Waals surface area (Å²) in [5.74, 6) is -0.935. The minimum absolute atomic E-state index is 0.0265. The van der Waals surface area contributed by atoms with Crippen LogP contribution in [0.1, 0.15) is 5.56 Å². The summed E-state index contributed by atoms with van der Waals surface area (Å²) in [5, 5.41) is 19.4. The summed E-state index contributed by atoms with van der Waals surface area (Å²) in [6, 6.07) is 15.3. The van der Waals surface area contributed by atoms with Crippen molar-refractivity contribution < 1.29 is 14.8 Å². The Bertz CT molecular complexity index is 645. The van der Waals surface area contributed by atoms with Gasteiger partial charge in [-0.15, -0.1) is 11.8 Å². The van der Waals surface area contributed by atoms with Gasteiger partial charge in [0.15, 0.2) is 0 Å². The Labute approximate surface area is 125 Å². The standard InChI is InChI=1S/C15H13NO4S/c17-15(18)14(21-13-7-2-1-3-8-13)10-11-5-4-6-12(9-11)16(19)20/h1-9,14H,10H2,(H,17,18)/t14-/m1/s1. The number of rotatable bonds is 6. The van der Waals surface area contributed by atoms with Gasteiger partial charge in [0.2, 0.25) is 0 Å². The van der Waals surface area contributed by atoms with Crippen molar-refractivity contribution in [1.29, 1.82) is 0 Å². The maximum absolute atomic E-state index is 11.4. The number of aliphatic carboxylic acids is 1. The van der Waals surface area contributed by atoms with Gasteiger partial charge < -0.3 is 5.11 Å². The highest BCUT2D eigenvalue weighted by molar-refractivity contribution is 8.00. The van der Waals surface area contributed by atoms with E-state index in [2.05, 4.69) is 0 Å². The molecule has 0 radical (unpaired) electrons. The van der Waals surface area contributed by atoms with Gasteiger partial charge in [0.1, 0.15) is 5.25 Å². The fourth-order valence-corrected chi connectivity index (χ4v) is 2.87. The van der Waals surface area contributed by atoms with Crippen LogP contribution in [-0.4, -0.2) is 21.2 Å². The molecule has 0 spiro atoms. The topological polar surface area (TPSA) is 80.4 Å². The van der Waals surface area contributed by atoms with Crippen molar-refractivity contribution >= 4 is 23.4 Å². The molecule has 0 saturated heterocycles. The van der Waals surface area contributed by atoms with Crippen molar-refractivity contribution in [1.82, 2.24) is 0 Å². The van der Waals surface area contributed by atoms with E-state index in [4.69, 9.17) is 0 Å². The van der Waals surface area contributed by atoms with E-state index in [1.54, 1.807) is 12.1 Å². The second-order valence-corrected chi connectivity index (χ2v) is 5.67. The second kappa shape index (κ2) is 6.90. The van der Waals surface area contributed by atoms with E-state index in [0.29, 0.717) is 5.56 Å². The van der Waals surface area contributed by atoms with Gasteiger partial charge >= 0.3 is 5.97 Å². The van der Waals surface area contributed by atoms with Crippen molar-refractivity contribution in [2.45, 2.75) is 16.6 Å². The molecule has 1 atom stereocenters. The maximum Gasteiger partial charge on any atom is 0.317 e. The quantitative estimate of drug-likeness (QED) is 0.502. The Hall–Kier alpha value is -2.34. The molecule has 2 rings (SSSR count). The van der Waals surface area contributed by atoms with Crippen LogP contribution in [0.3, 0.4) is 0 Å². The average molecular weight is 303 g/mol. The molecule has 108 valence electrons. The van der Waals surface area contributed by atoms with Gasteiger partial charge in [0, 0.05) is 17.0 Å². The molecule has 0 fully saturated rings. The largest absolute Gasteiger partial charge is 0.480 e. The maximum atomic E-state index is 11.4. The molecule has 21 heavy (non-hydrogen) atoms. The van der Waals surface area contributed by atoms with E-state index in [9.17, 15) is 20.0 Å². The molecule has 0 aliphatic carbocycles. The Balaban J connectivity index is 2.15. The van der Waals surface area contributed by atoms with Crippen molar-refractivity contribution in [3.63, 3.8) is 0 Å². The summed E-state index contributed by atoms with van der Waals surface area (Å²) in [7, 11) is 0. The number of non-ortho nitro benzene ring substituents is 1. The zero-order valence-corrected chi connectivity index (χ0v) is 11.8. The van der Waals surface area contributed by atoms with Crippen LogP contribution in [0.25, 0.3) is 0 Å². The number of nitrogens with zero attached hydrogens (tertiary/aromatic N) is 1. The van der Waals surface area contributed by atoms with Gasteiger partial charge in [-0.05, 0) is 24.1 Å². The fourth-order valence-electron chi connectivity index (χ4n) is 1.85. The Morgan fingerprint density at radius 1 is 1.19 bits per heavy atom. The third-order valence-electron chi connectivity index (χ3n) is 2.84. The molecular formula is C15H13NO4S. The van der Waals surface area contributed by atoms with Crippen LogP contribution in [0.4, 0.5) is 5.69 Å². The van der Waals surface area contributed by atoms with Crippen molar-refractivity contribution in [2.75, 3.05) is 0 Å². The van der Waals surface area contributed by atoms with Crippen LogP contribution < -0.4 is 0 Å². The number of hydrogen-bond donors (Lipinski definition) is 1. The minimum atomic E-state index is -0.935. The monoisotopic (exact) mass is 303 g/mol. The first kappa shape index (κ1) is 15.1. The van der Waals surface area contributed by atoms with Crippen LogP contribution in [0.15, 0.2) is 59.5 Å². The molecule has 0 bridgehead atoms. The Morgan fingerprint density at radius 2 is 1.90 bits per heavy atom. The summed E-state index contributed by atoms with van der Waals surface area (Å²) < 4.78 is 0. The highest BCUT2D eigenvalue weighted by atomic mass is 32.2. The molecule has 5 nitrogen and oxygen atoms in total. The van der Waals surface area contributed by atoms with E-state index in [1.807, 2.05) is 30.3 Å². The van der Waals surface area contributed by atoms with Crippen molar-refractivity contribution in [3.05, 3.63) is 70.3 Å². The Morgan fingerprint density at radius 3 is 2.52 bits per heavy atom. The third-order valence-corrected chi connectivity index (χ3v) is 4.04. The lowest BCUT2D eigenvalue weighted by molar-refractivity contribution is -0.384. The lowest BCUT2D eigenvalue weighted by Gasteiger charge is -2.12. The summed E-state index contributed by atoms with van der Waals surface area (Å²) in [6.07, 6.45) is 0.233. The van der Waals surface area contributed by atoms with E-state index in [0.717, 1.165) is 4.90 Å². The van der Waals surface area contributed by atoms with Crippen LogP contribution in [0, 0.1) is 10.1 Å². The van der Waals surface area contributed by atoms with Gasteiger partial charge in [-0.25, -0.2) is 0 Å². The predicted octanol–water partition coefficient (Wildman–Crippen LogP) is 3.38. The SMILES string of the molecule is O=C(O)[C@@H](Cc1cccc([N+](=O)[O-])c1)Sc1ccccc1. The lowest BCUT2D eigenvalue weighted by Crippen LogP contribution is -2.19. The zero-order chi connectivity index (χ0) is 15.2. The molecule has 6 heteroatoms. The van der Waals surface area contributed by atoms with Gasteiger partial charge in [-0.1, -0.05) is 30.3 Å². The minimum Gasteiger partial charge on any atom is -0.480 e. The molecule has 0 unspecified atom stereocenters. The number of nitro benzene ring substituents is 1. The molecule has 0 heterocycles. The second-order valence-electron chi connectivity index (χ2n) is 4.39. The number of hydrogen-bond acceptors (Lipinski definition) is 4. The third kappa shape index (κ3) is 4.32. The van der Waals surface area contributed by atoms with Crippen LogP contribution >= 0.6 is 11.8 Å². The smallest absolute Gasteiger partial charge is 0.317 e. The molecule has 0 aromatic heterocycles. The number of carboxylic acid groups (broad SMARTS) is 1. The van der Waals surface area contributed by atoms with Crippen molar-refractivity contribution in [3.8, 4) is 0 Å². The Kier molecular flexibility index (Phi) is 4.94. The summed E-state index contributed by atoms with van der Waals surface area (Å²) >= 11 is 1.24. The van der Waals surface area contributed by atoms with E-state index >= 15 is 0 Å². The first-order valence-electron chi connectivity index (χ1n) is 6.24. The van der Waals surface area contributed by atoms with E-state index in [-0.39, 0.29) is 12.1 Å². The van der Waals surface area contributed by atoms with Crippen molar-refractivity contribution in [2.24, 2.45) is 0 Å². The highest BCUT2D eigenvalue weighted by Gasteiger charge is 2.20. The van der Waals surface area contributed by atoms with Gasteiger partial charge in [-0.3, -0.25) is 14.9 Å².